The van der Waals surface area contributed by atoms with Gasteiger partial charge in [0.1, 0.15) is 11.2 Å². The fraction of sp³-hybridized carbons (Fsp3) is 0. The van der Waals surface area contributed by atoms with E-state index in [1.165, 1.54) is 0 Å². The van der Waals surface area contributed by atoms with Crippen molar-refractivity contribution in [1.29, 1.82) is 0 Å². The number of rotatable bonds is 4. The highest BCUT2D eigenvalue weighted by molar-refractivity contribution is 6.22. The highest BCUT2D eigenvalue weighted by atomic mass is 16.3. The average Bonchev–Trinajstić information content (AvgIpc) is 3.73. The number of para-hydroxylation sites is 1. The number of hydrogen-bond acceptors (Lipinski definition) is 1. The SMILES string of the molecule is [2H]c1c([2H])c([2H])c(-c2c3c([2H])c([2H])c([2H])c([2H])c3c(-c3ccc4cc(-c5cccc6c5oc5cccc(-c7ccc8ccccc8c7)c56)ccc4c3)c3c([2H])c([2H])c([2H])c([2H])c23)c([2H])c1[2H]. The van der Waals surface area contributed by atoms with E-state index in [0.717, 1.165) is 60.4 Å². The van der Waals surface area contributed by atoms with Gasteiger partial charge in [0, 0.05) is 16.3 Å². The van der Waals surface area contributed by atoms with Crippen LogP contribution in [0.5, 0.6) is 0 Å². The number of fused-ring (bicyclic) bond motifs is 7. The van der Waals surface area contributed by atoms with Gasteiger partial charge < -0.3 is 4.42 Å². The highest BCUT2D eigenvalue weighted by Gasteiger charge is 2.18. The quantitative estimate of drug-likeness (QED) is 0.168. The van der Waals surface area contributed by atoms with Crippen LogP contribution in [0.25, 0.3) is 110 Å². The van der Waals surface area contributed by atoms with E-state index in [0.29, 0.717) is 10.9 Å². The van der Waals surface area contributed by atoms with Crippen LogP contribution in [-0.2, 0) is 0 Å². The fourth-order valence-electron chi connectivity index (χ4n) is 7.78. The Labute approximate surface area is 325 Å². The van der Waals surface area contributed by atoms with Crippen LogP contribution >= 0.6 is 0 Å². The molecule has 1 heterocycles. The maximum Gasteiger partial charge on any atom is 0.143 e. The first kappa shape index (κ1) is 19.6. The molecular formula is C52H32O. The van der Waals surface area contributed by atoms with E-state index in [1.54, 1.807) is 12.1 Å². The van der Waals surface area contributed by atoms with Crippen LogP contribution in [0.15, 0.2) is 198 Å². The molecule has 0 atom stereocenters. The largest absolute Gasteiger partial charge is 0.455 e. The van der Waals surface area contributed by atoms with E-state index in [9.17, 15) is 5.48 Å². The van der Waals surface area contributed by atoms with Gasteiger partial charge in [-0.05, 0) is 106 Å². The predicted octanol–water partition coefficient (Wildman–Crippen LogP) is 14.9. The van der Waals surface area contributed by atoms with Gasteiger partial charge in [0.2, 0.25) is 0 Å². The Morgan fingerprint density at radius 2 is 0.868 bits per heavy atom. The van der Waals surface area contributed by atoms with Crippen molar-refractivity contribution in [2.45, 2.75) is 0 Å². The van der Waals surface area contributed by atoms with Gasteiger partial charge in [-0.2, -0.15) is 0 Å². The van der Waals surface area contributed by atoms with Crippen molar-refractivity contribution in [3.05, 3.63) is 194 Å². The summed E-state index contributed by atoms with van der Waals surface area (Å²) in [5.41, 5.74) is 5.02. The molecule has 0 aliphatic heterocycles. The molecular weight excluding hydrogens is 641 g/mol. The molecule has 0 aliphatic rings. The van der Waals surface area contributed by atoms with Crippen LogP contribution in [0.4, 0.5) is 0 Å². The second kappa shape index (κ2) is 11.8. The van der Waals surface area contributed by atoms with Crippen LogP contribution in [-0.4, -0.2) is 0 Å². The molecule has 1 nitrogen and oxygen atoms in total. The van der Waals surface area contributed by atoms with E-state index < -0.39 is 84.1 Å². The van der Waals surface area contributed by atoms with Gasteiger partial charge in [-0.15, -0.1) is 0 Å². The van der Waals surface area contributed by atoms with Gasteiger partial charge in [-0.3, -0.25) is 0 Å². The van der Waals surface area contributed by atoms with Crippen molar-refractivity contribution in [2.75, 3.05) is 0 Å². The second-order valence-electron chi connectivity index (χ2n) is 13.1. The summed E-state index contributed by atoms with van der Waals surface area (Å²) in [4.78, 5) is 0. The van der Waals surface area contributed by atoms with Crippen LogP contribution in [0.3, 0.4) is 0 Å². The van der Waals surface area contributed by atoms with Gasteiger partial charge >= 0.3 is 0 Å². The molecule has 0 saturated heterocycles. The summed E-state index contributed by atoms with van der Waals surface area (Å²) in [7, 11) is 0. The zero-order valence-corrected chi connectivity index (χ0v) is 27.9. The lowest BCUT2D eigenvalue weighted by Crippen LogP contribution is -1.90. The first-order valence-electron chi connectivity index (χ1n) is 23.7. The van der Waals surface area contributed by atoms with Crippen molar-refractivity contribution in [2.24, 2.45) is 0 Å². The highest BCUT2D eigenvalue weighted by Crippen LogP contribution is 2.45. The molecule has 0 amide bonds. The third-order valence-corrected chi connectivity index (χ3v) is 10.1. The lowest BCUT2D eigenvalue weighted by atomic mass is 9.85. The van der Waals surface area contributed by atoms with Crippen molar-refractivity contribution in [3.63, 3.8) is 0 Å². The van der Waals surface area contributed by atoms with Gasteiger partial charge in [0.15, 0.2) is 0 Å². The van der Waals surface area contributed by atoms with Crippen LogP contribution in [0.1, 0.15) is 17.8 Å². The molecule has 0 unspecified atom stereocenters. The summed E-state index contributed by atoms with van der Waals surface area (Å²) in [6, 6.07) is 29.7. The minimum absolute atomic E-state index is 0.0790. The maximum atomic E-state index is 9.29. The molecule has 1 heteroatoms. The minimum Gasteiger partial charge on any atom is -0.455 e. The molecule has 0 fully saturated rings. The molecule has 10 aromatic carbocycles. The maximum absolute atomic E-state index is 9.29. The van der Waals surface area contributed by atoms with Gasteiger partial charge in [0.25, 0.3) is 0 Å². The summed E-state index contributed by atoms with van der Waals surface area (Å²) in [5.74, 6) is 0. The molecule has 0 radical (unpaired) electrons. The topological polar surface area (TPSA) is 13.1 Å². The van der Waals surface area contributed by atoms with Crippen molar-refractivity contribution < 1.29 is 22.2 Å². The zero-order chi connectivity index (χ0) is 46.2. The number of hydrogen-bond donors (Lipinski definition) is 0. The molecule has 0 spiro atoms. The molecule has 11 aromatic rings. The molecule has 0 saturated carbocycles. The summed E-state index contributed by atoms with van der Waals surface area (Å²) >= 11 is 0. The number of benzene rings is 10. The van der Waals surface area contributed by atoms with E-state index in [-0.39, 0.29) is 32.7 Å². The standard InChI is InChI=1S/C52H32O/c1-2-13-34(14-3-1)49-43-16-6-8-18-45(43)50(46-19-9-7-17-44(46)49)40-29-26-36-31-39(28-25-37(36)32-40)42-21-10-22-47-51-41(20-11-23-48(51)53-52(42)47)38-27-24-33-12-4-5-15-35(33)30-38/h1-32H/i1D,2D,3D,6D,7D,8D,9D,13D,14D,16D,17D,18D,19D. The number of furan rings is 1. The Kier molecular flexibility index (Phi) is 4.36. The molecule has 0 N–H and O–H groups in total. The summed E-state index contributed by atoms with van der Waals surface area (Å²) in [6.07, 6.45) is 0. The Morgan fingerprint density at radius 1 is 0.358 bits per heavy atom. The van der Waals surface area contributed by atoms with Crippen LogP contribution in [0, 0.1) is 0 Å². The lowest BCUT2D eigenvalue weighted by molar-refractivity contribution is 0.670. The minimum atomic E-state index is -0.714. The van der Waals surface area contributed by atoms with Gasteiger partial charge in [0.05, 0.1) is 17.8 Å². The van der Waals surface area contributed by atoms with E-state index >= 15 is 0 Å². The molecule has 246 valence electrons. The van der Waals surface area contributed by atoms with Gasteiger partial charge in [-0.1, -0.05) is 170 Å². The molecule has 0 aliphatic carbocycles. The first-order chi connectivity index (χ1) is 31.7. The average molecular weight is 686 g/mol. The Morgan fingerprint density at radius 3 is 1.57 bits per heavy atom. The third kappa shape index (κ3) is 4.71. The molecule has 1 aromatic heterocycles. The Balaban J connectivity index is 1.15. The summed E-state index contributed by atoms with van der Waals surface area (Å²) in [6.45, 7) is 0. The Bertz CT molecular complexity index is 3880. The fourth-order valence-corrected chi connectivity index (χ4v) is 7.78. The van der Waals surface area contributed by atoms with E-state index in [2.05, 4.69) is 42.5 Å². The lowest BCUT2D eigenvalue weighted by Gasteiger charge is -2.18. The second-order valence-corrected chi connectivity index (χ2v) is 13.1. The first-order valence-corrected chi connectivity index (χ1v) is 17.2. The normalized spacial score (nSPS) is 15.2. The molecule has 11 rings (SSSR count). The predicted molar refractivity (Wildman–Crippen MR) is 225 cm³/mol. The molecule has 0 bridgehead atoms. The third-order valence-electron chi connectivity index (χ3n) is 10.1. The Hall–Kier alpha value is -6.96. The van der Waals surface area contributed by atoms with Crippen LogP contribution in [0.2, 0.25) is 0 Å². The van der Waals surface area contributed by atoms with Crippen molar-refractivity contribution in [1.82, 2.24) is 0 Å². The summed E-state index contributed by atoms with van der Waals surface area (Å²) < 4.78 is 122. The zero-order valence-electron chi connectivity index (χ0n) is 40.9. The van der Waals surface area contributed by atoms with Crippen molar-refractivity contribution >= 4 is 65.0 Å². The van der Waals surface area contributed by atoms with E-state index in [1.807, 2.05) is 60.7 Å². The monoisotopic (exact) mass is 685 g/mol. The molecule has 53 heavy (non-hydrogen) atoms. The van der Waals surface area contributed by atoms with Gasteiger partial charge in [-0.25, -0.2) is 0 Å². The summed E-state index contributed by atoms with van der Waals surface area (Å²) in [5, 5.41) is 5.02. The smallest absolute Gasteiger partial charge is 0.143 e. The van der Waals surface area contributed by atoms with Crippen LogP contribution < -0.4 is 0 Å². The van der Waals surface area contributed by atoms with Crippen molar-refractivity contribution in [3.8, 4) is 44.5 Å². The van der Waals surface area contributed by atoms with E-state index in [4.69, 9.17) is 16.8 Å².